The van der Waals surface area contributed by atoms with Crippen molar-refractivity contribution in [3.05, 3.63) is 12.2 Å². The average molecular weight is 974 g/mol. The fraction of sp³-hybridized carbons (Fsp3) is 0.944. The minimum Gasteiger partial charge on any atom is -0.394 e. The first-order chi connectivity index (χ1) is 33.1. The first-order valence-electron chi connectivity index (χ1n) is 27.9. The van der Waals surface area contributed by atoms with Crippen molar-refractivity contribution >= 4 is 5.91 Å². The van der Waals surface area contributed by atoms with Crippen LogP contribution in [0.5, 0.6) is 0 Å². The molecule has 2 aliphatic rings. The minimum absolute atomic E-state index is 0.236. The van der Waals surface area contributed by atoms with E-state index in [0.717, 1.165) is 38.5 Å². The molecule has 0 bridgehead atoms. The summed E-state index contributed by atoms with van der Waals surface area (Å²) in [5, 5.41) is 86.8. The van der Waals surface area contributed by atoms with Crippen molar-refractivity contribution in [1.29, 1.82) is 0 Å². The third kappa shape index (κ3) is 27.5. The lowest BCUT2D eigenvalue weighted by atomic mass is 9.97. The van der Waals surface area contributed by atoms with Crippen LogP contribution in [-0.2, 0) is 23.7 Å². The average Bonchev–Trinajstić information content (AvgIpc) is 3.34. The van der Waals surface area contributed by atoms with Crippen LogP contribution >= 0.6 is 0 Å². The standard InChI is InChI=1S/C54H103NO13/c1-3-5-7-9-11-13-15-17-18-19-20-21-22-23-24-25-26-28-30-32-34-36-38-46(59)55-42(43(58)37-35-33-31-29-27-16-14-12-10-8-6-4-2)41-65-53-51(64)49(62)52(45(40-57)67-53)68-54-50(63)48(61)47(60)44(39-56)66-54/h35,37,42-45,47-54,56-58,60-64H,3-34,36,38-41H2,1-2H3,(H,55,59)/b37-35+. The number of rotatable bonds is 44. The Morgan fingerprint density at radius 2 is 0.912 bits per heavy atom. The molecular formula is C54H103NO13. The molecule has 0 aliphatic carbocycles. The molecule has 12 atom stereocenters. The molecule has 0 saturated carbocycles. The van der Waals surface area contributed by atoms with Gasteiger partial charge in [0, 0.05) is 6.42 Å². The number of carbonyl (C=O) groups is 1. The molecule has 9 N–H and O–H groups in total. The highest BCUT2D eigenvalue weighted by molar-refractivity contribution is 5.76. The number of hydrogen-bond donors (Lipinski definition) is 9. The van der Waals surface area contributed by atoms with Crippen molar-refractivity contribution in [2.45, 2.75) is 306 Å². The summed E-state index contributed by atoms with van der Waals surface area (Å²) in [7, 11) is 0. The monoisotopic (exact) mass is 974 g/mol. The Kier molecular flexibility index (Phi) is 38.1. The van der Waals surface area contributed by atoms with Crippen molar-refractivity contribution < 1.29 is 64.6 Å². The highest BCUT2D eigenvalue weighted by atomic mass is 16.7. The number of allylic oxidation sites excluding steroid dienone is 1. The van der Waals surface area contributed by atoms with Gasteiger partial charge in [0.2, 0.25) is 5.91 Å². The summed E-state index contributed by atoms with van der Waals surface area (Å²) in [6.07, 6.45) is 28.3. The van der Waals surface area contributed by atoms with Crippen LogP contribution in [0.4, 0.5) is 0 Å². The van der Waals surface area contributed by atoms with Crippen LogP contribution in [0.3, 0.4) is 0 Å². The SMILES string of the molecule is CCCCCCCCCCCC/C=C/C(O)C(COC1OC(CO)C(OC2OC(CO)C(O)C(O)C2O)C(O)C1O)NC(=O)CCCCCCCCCCCCCCCCCCCCCCCC. The minimum atomic E-state index is -1.78. The van der Waals surface area contributed by atoms with Crippen LogP contribution in [-0.4, -0.2) is 140 Å². The Labute approximate surface area is 412 Å². The molecule has 2 fully saturated rings. The smallest absolute Gasteiger partial charge is 0.220 e. The van der Waals surface area contributed by atoms with Gasteiger partial charge in [-0.15, -0.1) is 0 Å². The Morgan fingerprint density at radius 3 is 1.35 bits per heavy atom. The number of hydrogen-bond acceptors (Lipinski definition) is 13. The molecule has 1 amide bonds. The lowest BCUT2D eigenvalue weighted by Crippen LogP contribution is -2.65. The van der Waals surface area contributed by atoms with Crippen molar-refractivity contribution in [3.8, 4) is 0 Å². The second kappa shape index (κ2) is 41.2. The molecule has 12 unspecified atom stereocenters. The Hall–Kier alpha value is -1.27. The van der Waals surface area contributed by atoms with Gasteiger partial charge in [-0.1, -0.05) is 219 Å². The topological polar surface area (TPSA) is 228 Å². The predicted octanol–water partition coefficient (Wildman–Crippen LogP) is 8.33. The number of unbranched alkanes of at least 4 members (excludes halogenated alkanes) is 31. The molecule has 14 heteroatoms. The summed E-state index contributed by atoms with van der Waals surface area (Å²) in [5.41, 5.74) is 0. The van der Waals surface area contributed by atoms with Crippen molar-refractivity contribution in [3.63, 3.8) is 0 Å². The molecule has 0 aromatic rings. The van der Waals surface area contributed by atoms with Gasteiger partial charge < -0.3 is 65.1 Å². The molecule has 2 rings (SSSR count). The molecule has 0 radical (unpaired) electrons. The molecule has 2 heterocycles. The lowest BCUT2D eigenvalue weighted by Gasteiger charge is -2.46. The van der Waals surface area contributed by atoms with Gasteiger partial charge in [0.15, 0.2) is 12.6 Å². The van der Waals surface area contributed by atoms with Crippen molar-refractivity contribution in [2.24, 2.45) is 0 Å². The van der Waals surface area contributed by atoms with E-state index < -0.39 is 86.8 Å². The molecular weight excluding hydrogens is 871 g/mol. The van der Waals surface area contributed by atoms with Gasteiger partial charge >= 0.3 is 0 Å². The lowest BCUT2D eigenvalue weighted by molar-refractivity contribution is -0.359. The van der Waals surface area contributed by atoms with E-state index in [9.17, 15) is 45.6 Å². The molecule has 2 saturated heterocycles. The highest BCUT2D eigenvalue weighted by Gasteiger charge is 2.51. The van der Waals surface area contributed by atoms with E-state index in [1.54, 1.807) is 6.08 Å². The van der Waals surface area contributed by atoms with E-state index in [2.05, 4.69) is 19.2 Å². The van der Waals surface area contributed by atoms with Gasteiger partial charge in [0.25, 0.3) is 0 Å². The van der Waals surface area contributed by atoms with Crippen LogP contribution in [0.25, 0.3) is 0 Å². The van der Waals surface area contributed by atoms with Crippen LogP contribution in [0, 0.1) is 0 Å². The second-order valence-corrected chi connectivity index (χ2v) is 20.1. The van der Waals surface area contributed by atoms with Gasteiger partial charge in [-0.05, 0) is 19.3 Å². The summed E-state index contributed by atoms with van der Waals surface area (Å²) in [4.78, 5) is 13.2. The first kappa shape index (κ1) is 62.8. The maximum absolute atomic E-state index is 13.2. The number of aliphatic hydroxyl groups excluding tert-OH is 8. The Morgan fingerprint density at radius 1 is 0.515 bits per heavy atom. The fourth-order valence-electron chi connectivity index (χ4n) is 9.41. The predicted molar refractivity (Wildman–Crippen MR) is 268 cm³/mol. The zero-order chi connectivity index (χ0) is 49.6. The summed E-state index contributed by atoms with van der Waals surface area (Å²) < 4.78 is 22.7. The van der Waals surface area contributed by atoms with Gasteiger partial charge in [-0.2, -0.15) is 0 Å². The van der Waals surface area contributed by atoms with Crippen LogP contribution in [0.15, 0.2) is 12.2 Å². The van der Waals surface area contributed by atoms with Crippen LogP contribution < -0.4 is 5.32 Å². The molecule has 0 aromatic heterocycles. The van der Waals surface area contributed by atoms with Crippen LogP contribution in [0.2, 0.25) is 0 Å². The molecule has 0 aromatic carbocycles. The summed E-state index contributed by atoms with van der Waals surface area (Å²) >= 11 is 0. The van der Waals surface area contributed by atoms with Gasteiger partial charge in [-0.3, -0.25) is 4.79 Å². The summed E-state index contributed by atoms with van der Waals surface area (Å²) in [5.74, 6) is -0.236. The van der Waals surface area contributed by atoms with Crippen molar-refractivity contribution in [1.82, 2.24) is 5.32 Å². The van der Waals surface area contributed by atoms with Gasteiger partial charge in [0.1, 0.15) is 48.8 Å². The van der Waals surface area contributed by atoms with Gasteiger partial charge in [0.05, 0.1) is 32.0 Å². The second-order valence-electron chi connectivity index (χ2n) is 20.1. The Bertz CT molecular complexity index is 1200. The molecule has 14 nitrogen and oxygen atoms in total. The zero-order valence-electron chi connectivity index (χ0n) is 42.9. The molecule has 402 valence electrons. The molecule has 2 aliphatic heterocycles. The largest absolute Gasteiger partial charge is 0.394 e. The number of ether oxygens (including phenoxy) is 4. The highest BCUT2D eigenvalue weighted by Crippen LogP contribution is 2.30. The normalized spacial score (nSPS) is 26.4. The van der Waals surface area contributed by atoms with E-state index in [4.69, 9.17) is 18.9 Å². The molecule has 0 spiro atoms. The maximum Gasteiger partial charge on any atom is 0.220 e. The number of nitrogens with one attached hydrogen (secondary N) is 1. The van der Waals surface area contributed by atoms with Crippen molar-refractivity contribution in [2.75, 3.05) is 19.8 Å². The summed E-state index contributed by atoms with van der Waals surface area (Å²) in [6, 6.07) is -0.908. The first-order valence-corrected chi connectivity index (χ1v) is 27.9. The number of amides is 1. The van der Waals surface area contributed by atoms with E-state index in [0.29, 0.717) is 6.42 Å². The third-order valence-corrected chi connectivity index (χ3v) is 14.0. The third-order valence-electron chi connectivity index (χ3n) is 14.0. The zero-order valence-corrected chi connectivity index (χ0v) is 42.9. The van der Waals surface area contributed by atoms with Gasteiger partial charge in [-0.25, -0.2) is 0 Å². The van der Waals surface area contributed by atoms with E-state index >= 15 is 0 Å². The maximum atomic E-state index is 13.2. The Balaban J connectivity index is 1.75. The molecule has 68 heavy (non-hydrogen) atoms. The van der Waals surface area contributed by atoms with E-state index in [-0.39, 0.29) is 18.9 Å². The number of carbonyl (C=O) groups excluding carboxylic acids is 1. The fourth-order valence-corrected chi connectivity index (χ4v) is 9.41. The van der Waals surface area contributed by atoms with E-state index in [1.807, 2.05) is 6.08 Å². The quantitative estimate of drug-likeness (QED) is 0.0207. The van der Waals surface area contributed by atoms with Crippen LogP contribution in [0.1, 0.15) is 232 Å². The number of aliphatic hydroxyl groups is 8. The summed E-state index contributed by atoms with van der Waals surface area (Å²) in [6.45, 7) is 2.80. The van der Waals surface area contributed by atoms with E-state index in [1.165, 1.54) is 167 Å².